The molecule has 0 aromatic heterocycles. The zero-order valence-corrected chi connectivity index (χ0v) is 11.2. The standard InChI is InChI=1S/C12H23N3O3/c1-10(2)13-11(16)8-14-4-3-5-15(7-6-14)9-12(17)18/h10H,3-9H2,1-2H3,(H,13,16)(H,17,18). The second-order valence-corrected chi connectivity index (χ2v) is 5.02. The van der Waals surface area contributed by atoms with Gasteiger partial charge in [-0.25, -0.2) is 0 Å². The molecule has 104 valence electrons. The van der Waals surface area contributed by atoms with E-state index in [1.807, 2.05) is 18.7 Å². The van der Waals surface area contributed by atoms with Crippen molar-refractivity contribution in [3.63, 3.8) is 0 Å². The molecular weight excluding hydrogens is 234 g/mol. The van der Waals surface area contributed by atoms with Crippen LogP contribution in [0.3, 0.4) is 0 Å². The minimum atomic E-state index is -0.791. The number of amides is 1. The first-order chi connectivity index (χ1) is 8.47. The van der Waals surface area contributed by atoms with Crippen LogP contribution in [-0.2, 0) is 9.59 Å². The molecule has 0 spiro atoms. The SMILES string of the molecule is CC(C)NC(=O)CN1CCCN(CC(=O)O)CC1. The van der Waals surface area contributed by atoms with Gasteiger partial charge in [0.2, 0.25) is 5.91 Å². The number of hydrogen-bond donors (Lipinski definition) is 2. The molecule has 0 aromatic rings. The number of carboxylic acids is 1. The minimum absolute atomic E-state index is 0.0386. The molecule has 1 fully saturated rings. The van der Waals surface area contributed by atoms with Crippen molar-refractivity contribution < 1.29 is 14.7 Å². The zero-order chi connectivity index (χ0) is 13.5. The van der Waals surface area contributed by atoms with Gasteiger partial charge in [-0.15, -0.1) is 0 Å². The normalized spacial score (nSPS) is 18.6. The highest BCUT2D eigenvalue weighted by atomic mass is 16.4. The average Bonchev–Trinajstić information content (AvgIpc) is 2.42. The first-order valence-electron chi connectivity index (χ1n) is 6.43. The van der Waals surface area contributed by atoms with Crippen LogP contribution in [0.25, 0.3) is 0 Å². The fraction of sp³-hybridized carbons (Fsp3) is 0.833. The van der Waals surface area contributed by atoms with E-state index in [0.29, 0.717) is 13.1 Å². The molecule has 6 nitrogen and oxygen atoms in total. The molecule has 0 radical (unpaired) electrons. The Bertz CT molecular complexity index is 294. The van der Waals surface area contributed by atoms with Crippen molar-refractivity contribution in [2.45, 2.75) is 26.3 Å². The van der Waals surface area contributed by atoms with Crippen LogP contribution in [0.5, 0.6) is 0 Å². The van der Waals surface area contributed by atoms with E-state index in [1.54, 1.807) is 0 Å². The Morgan fingerprint density at radius 3 is 2.17 bits per heavy atom. The van der Waals surface area contributed by atoms with Crippen molar-refractivity contribution >= 4 is 11.9 Å². The molecule has 2 N–H and O–H groups in total. The highest BCUT2D eigenvalue weighted by molar-refractivity contribution is 5.78. The molecule has 0 saturated carbocycles. The highest BCUT2D eigenvalue weighted by Gasteiger charge is 2.18. The van der Waals surface area contributed by atoms with Crippen LogP contribution in [0.15, 0.2) is 0 Å². The number of nitrogens with zero attached hydrogens (tertiary/aromatic N) is 2. The predicted octanol–water partition coefficient (Wildman–Crippen LogP) is -0.397. The predicted molar refractivity (Wildman–Crippen MR) is 68.4 cm³/mol. The summed E-state index contributed by atoms with van der Waals surface area (Å²) in [5, 5.41) is 11.6. The maximum absolute atomic E-state index is 11.6. The Kier molecular flexibility index (Phi) is 6.07. The smallest absolute Gasteiger partial charge is 0.317 e. The van der Waals surface area contributed by atoms with Gasteiger partial charge in [0.1, 0.15) is 0 Å². The van der Waals surface area contributed by atoms with Crippen LogP contribution in [-0.4, -0.2) is 72.1 Å². The molecule has 0 bridgehead atoms. The molecular formula is C12H23N3O3. The Hall–Kier alpha value is -1.14. The van der Waals surface area contributed by atoms with E-state index >= 15 is 0 Å². The lowest BCUT2D eigenvalue weighted by atomic mass is 10.3. The van der Waals surface area contributed by atoms with Gasteiger partial charge in [0.25, 0.3) is 0 Å². The van der Waals surface area contributed by atoms with E-state index in [0.717, 1.165) is 26.1 Å². The van der Waals surface area contributed by atoms with Crippen molar-refractivity contribution in [2.75, 3.05) is 39.3 Å². The lowest BCUT2D eigenvalue weighted by Gasteiger charge is -2.20. The van der Waals surface area contributed by atoms with Crippen LogP contribution >= 0.6 is 0 Å². The summed E-state index contributed by atoms with van der Waals surface area (Å²) in [6, 6.07) is 0.160. The van der Waals surface area contributed by atoms with E-state index < -0.39 is 5.97 Å². The summed E-state index contributed by atoms with van der Waals surface area (Å²) in [4.78, 5) is 26.3. The molecule has 6 heteroatoms. The van der Waals surface area contributed by atoms with Gasteiger partial charge in [-0.3, -0.25) is 19.4 Å². The second-order valence-electron chi connectivity index (χ2n) is 5.02. The van der Waals surface area contributed by atoms with Crippen LogP contribution in [0.2, 0.25) is 0 Å². The third-order valence-corrected chi connectivity index (χ3v) is 2.86. The number of carboxylic acid groups (broad SMARTS) is 1. The summed E-state index contributed by atoms with van der Waals surface area (Å²) in [7, 11) is 0. The van der Waals surface area contributed by atoms with Gasteiger partial charge >= 0.3 is 5.97 Å². The summed E-state index contributed by atoms with van der Waals surface area (Å²) in [6.45, 7) is 7.46. The number of hydrogen-bond acceptors (Lipinski definition) is 4. The lowest BCUT2D eigenvalue weighted by Crippen LogP contribution is -2.41. The van der Waals surface area contributed by atoms with Crippen molar-refractivity contribution in [3.05, 3.63) is 0 Å². The summed E-state index contributed by atoms with van der Waals surface area (Å²) >= 11 is 0. The highest BCUT2D eigenvalue weighted by Crippen LogP contribution is 2.02. The Balaban J connectivity index is 2.33. The number of rotatable bonds is 5. The first-order valence-corrected chi connectivity index (χ1v) is 6.43. The minimum Gasteiger partial charge on any atom is -0.480 e. The van der Waals surface area contributed by atoms with Gasteiger partial charge < -0.3 is 10.4 Å². The molecule has 0 unspecified atom stereocenters. The first kappa shape index (κ1) is 14.9. The summed E-state index contributed by atoms with van der Waals surface area (Å²) in [5.41, 5.74) is 0. The molecule has 1 saturated heterocycles. The van der Waals surface area contributed by atoms with Crippen molar-refractivity contribution in [1.82, 2.24) is 15.1 Å². The van der Waals surface area contributed by atoms with E-state index in [1.165, 1.54) is 0 Å². The van der Waals surface area contributed by atoms with Crippen molar-refractivity contribution in [3.8, 4) is 0 Å². The van der Waals surface area contributed by atoms with Gasteiger partial charge in [0, 0.05) is 25.7 Å². The van der Waals surface area contributed by atoms with E-state index in [4.69, 9.17) is 5.11 Å². The number of aliphatic carboxylic acids is 1. The summed E-state index contributed by atoms with van der Waals surface area (Å²) < 4.78 is 0. The van der Waals surface area contributed by atoms with E-state index in [-0.39, 0.29) is 18.5 Å². The molecule has 0 aliphatic carbocycles. The Morgan fingerprint density at radius 1 is 1.11 bits per heavy atom. The molecule has 1 aliphatic heterocycles. The van der Waals surface area contributed by atoms with Crippen LogP contribution in [0.4, 0.5) is 0 Å². The van der Waals surface area contributed by atoms with Crippen molar-refractivity contribution in [1.29, 1.82) is 0 Å². The Labute approximate surface area is 108 Å². The molecule has 1 rings (SSSR count). The molecule has 18 heavy (non-hydrogen) atoms. The number of carbonyl (C=O) groups excluding carboxylic acids is 1. The third-order valence-electron chi connectivity index (χ3n) is 2.86. The van der Waals surface area contributed by atoms with E-state index in [2.05, 4.69) is 10.2 Å². The zero-order valence-electron chi connectivity index (χ0n) is 11.2. The average molecular weight is 257 g/mol. The monoisotopic (exact) mass is 257 g/mol. The molecule has 1 heterocycles. The van der Waals surface area contributed by atoms with Crippen LogP contribution in [0, 0.1) is 0 Å². The lowest BCUT2D eigenvalue weighted by molar-refractivity contribution is -0.138. The number of carbonyl (C=O) groups is 2. The van der Waals surface area contributed by atoms with Crippen molar-refractivity contribution in [2.24, 2.45) is 0 Å². The second kappa shape index (κ2) is 7.33. The summed E-state index contributed by atoms with van der Waals surface area (Å²) in [6.07, 6.45) is 0.905. The maximum Gasteiger partial charge on any atom is 0.317 e. The largest absolute Gasteiger partial charge is 0.480 e. The van der Waals surface area contributed by atoms with Gasteiger partial charge in [-0.1, -0.05) is 0 Å². The molecule has 1 amide bonds. The third kappa shape index (κ3) is 5.97. The van der Waals surface area contributed by atoms with E-state index in [9.17, 15) is 9.59 Å². The fourth-order valence-electron chi connectivity index (χ4n) is 2.10. The van der Waals surface area contributed by atoms with Gasteiger partial charge in [-0.2, -0.15) is 0 Å². The van der Waals surface area contributed by atoms with Gasteiger partial charge in [0.15, 0.2) is 0 Å². The van der Waals surface area contributed by atoms with Gasteiger partial charge in [0.05, 0.1) is 13.1 Å². The molecule has 1 aliphatic rings. The summed E-state index contributed by atoms with van der Waals surface area (Å²) in [5.74, 6) is -0.752. The fourth-order valence-corrected chi connectivity index (χ4v) is 2.10. The van der Waals surface area contributed by atoms with Gasteiger partial charge in [-0.05, 0) is 26.8 Å². The topological polar surface area (TPSA) is 72.9 Å². The number of nitrogens with one attached hydrogen (secondary N) is 1. The van der Waals surface area contributed by atoms with Crippen LogP contribution in [0.1, 0.15) is 20.3 Å². The Morgan fingerprint density at radius 2 is 1.67 bits per heavy atom. The molecule has 0 aromatic carbocycles. The quantitative estimate of drug-likeness (QED) is 0.701. The molecule has 0 atom stereocenters. The van der Waals surface area contributed by atoms with Crippen LogP contribution < -0.4 is 5.32 Å². The maximum atomic E-state index is 11.6.